The van der Waals surface area contributed by atoms with Gasteiger partial charge in [0.15, 0.2) is 0 Å². The van der Waals surface area contributed by atoms with Crippen molar-refractivity contribution in [1.82, 2.24) is 5.32 Å². The van der Waals surface area contributed by atoms with E-state index in [-0.39, 0.29) is 11.9 Å². The Hall–Kier alpha value is -0.570. The Balaban J connectivity index is 2.24. The van der Waals surface area contributed by atoms with Crippen LogP contribution in [0, 0.1) is 5.92 Å². The lowest BCUT2D eigenvalue weighted by atomic mass is 9.84. The number of hydrogen-bond donors (Lipinski definition) is 2. The molecule has 3 heteroatoms. The summed E-state index contributed by atoms with van der Waals surface area (Å²) in [5.41, 5.74) is 5.88. The van der Waals surface area contributed by atoms with Gasteiger partial charge in [0.2, 0.25) is 5.91 Å². The van der Waals surface area contributed by atoms with Gasteiger partial charge in [0, 0.05) is 18.5 Å². The summed E-state index contributed by atoms with van der Waals surface area (Å²) >= 11 is 0. The van der Waals surface area contributed by atoms with Gasteiger partial charge in [0.25, 0.3) is 0 Å². The third-order valence-electron chi connectivity index (χ3n) is 3.85. The van der Waals surface area contributed by atoms with Gasteiger partial charge in [-0.25, -0.2) is 0 Å². The first-order valence-corrected chi connectivity index (χ1v) is 7.18. The van der Waals surface area contributed by atoms with Crippen LogP contribution in [0.4, 0.5) is 0 Å². The summed E-state index contributed by atoms with van der Waals surface area (Å²) in [7, 11) is 0. The van der Waals surface area contributed by atoms with Crippen molar-refractivity contribution in [3.63, 3.8) is 0 Å². The van der Waals surface area contributed by atoms with Crippen LogP contribution < -0.4 is 11.1 Å². The molecule has 17 heavy (non-hydrogen) atoms. The SMILES string of the molecule is CCCC(N)CC(=O)N[C@H](C)C1CCCCC1. The van der Waals surface area contributed by atoms with E-state index in [9.17, 15) is 4.79 Å². The van der Waals surface area contributed by atoms with Gasteiger partial charge in [-0.2, -0.15) is 0 Å². The maximum Gasteiger partial charge on any atom is 0.221 e. The molecular formula is C14H28N2O. The fraction of sp³-hybridized carbons (Fsp3) is 0.929. The van der Waals surface area contributed by atoms with E-state index in [1.807, 2.05) is 0 Å². The van der Waals surface area contributed by atoms with E-state index in [2.05, 4.69) is 19.2 Å². The number of carbonyl (C=O) groups excluding carboxylic acids is 1. The van der Waals surface area contributed by atoms with Gasteiger partial charge in [0.05, 0.1) is 0 Å². The molecule has 0 radical (unpaired) electrons. The minimum absolute atomic E-state index is 0.0264. The Morgan fingerprint density at radius 2 is 2.00 bits per heavy atom. The maximum absolute atomic E-state index is 11.8. The number of rotatable bonds is 6. The third-order valence-corrected chi connectivity index (χ3v) is 3.85. The molecule has 1 aliphatic rings. The van der Waals surface area contributed by atoms with Crippen LogP contribution in [0.25, 0.3) is 0 Å². The van der Waals surface area contributed by atoms with E-state index in [1.54, 1.807) is 0 Å². The molecule has 1 amide bonds. The van der Waals surface area contributed by atoms with Crippen LogP contribution in [0.3, 0.4) is 0 Å². The van der Waals surface area contributed by atoms with Crippen LogP contribution in [-0.2, 0) is 4.79 Å². The second kappa shape index (κ2) is 7.70. The smallest absolute Gasteiger partial charge is 0.221 e. The Bertz CT molecular complexity index is 224. The predicted octanol–water partition coefficient (Wildman–Crippen LogP) is 2.59. The van der Waals surface area contributed by atoms with Crippen LogP contribution in [0.15, 0.2) is 0 Å². The molecule has 0 bridgehead atoms. The minimum atomic E-state index is 0.0264. The second-order valence-corrected chi connectivity index (χ2v) is 5.51. The van der Waals surface area contributed by atoms with E-state index < -0.39 is 0 Å². The average molecular weight is 240 g/mol. The molecule has 1 saturated carbocycles. The minimum Gasteiger partial charge on any atom is -0.353 e. The van der Waals surface area contributed by atoms with Crippen molar-refractivity contribution in [2.75, 3.05) is 0 Å². The number of nitrogens with one attached hydrogen (secondary N) is 1. The zero-order valence-electron chi connectivity index (χ0n) is 11.4. The van der Waals surface area contributed by atoms with Crippen LogP contribution >= 0.6 is 0 Å². The highest BCUT2D eigenvalue weighted by Crippen LogP contribution is 2.26. The van der Waals surface area contributed by atoms with Crippen LogP contribution in [-0.4, -0.2) is 18.0 Å². The molecule has 0 aromatic heterocycles. The summed E-state index contributed by atoms with van der Waals surface area (Å²) in [6, 6.07) is 0.343. The topological polar surface area (TPSA) is 55.1 Å². The second-order valence-electron chi connectivity index (χ2n) is 5.51. The first-order chi connectivity index (χ1) is 8.13. The van der Waals surface area contributed by atoms with Crippen molar-refractivity contribution < 1.29 is 4.79 Å². The van der Waals surface area contributed by atoms with Gasteiger partial charge >= 0.3 is 0 Å². The zero-order chi connectivity index (χ0) is 12.7. The standard InChI is InChI=1S/C14H28N2O/c1-3-7-13(15)10-14(17)16-11(2)12-8-5-4-6-9-12/h11-13H,3-10,15H2,1-2H3,(H,16,17)/t11-,13?/m1/s1. The first kappa shape index (κ1) is 14.5. The molecule has 0 saturated heterocycles. The summed E-state index contributed by atoms with van der Waals surface area (Å²) in [6.45, 7) is 4.24. The molecule has 2 atom stereocenters. The summed E-state index contributed by atoms with van der Waals surface area (Å²) in [5, 5.41) is 3.12. The van der Waals surface area contributed by atoms with Crippen molar-refractivity contribution in [2.45, 2.75) is 77.3 Å². The van der Waals surface area contributed by atoms with E-state index in [0.29, 0.717) is 18.4 Å². The molecular weight excluding hydrogens is 212 g/mol. The van der Waals surface area contributed by atoms with Crippen LogP contribution in [0.1, 0.15) is 65.2 Å². The molecule has 1 rings (SSSR count). The quantitative estimate of drug-likeness (QED) is 0.750. The highest BCUT2D eigenvalue weighted by atomic mass is 16.1. The normalized spacial score (nSPS) is 20.9. The van der Waals surface area contributed by atoms with E-state index in [4.69, 9.17) is 5.73 Å². The van der Waals surface area contributed by atoms with Crippen molar-refractivity contribution in [3.05, 3.63) is 0 Å². The summed E-state index contributed by atoms with van der Waals surface area (Å²) < 4.78 is 0. The number of hydrogen-bond acceptors (Lipinski definition) is 2. The third kappa shape index (κ3) is 5.53. The van der Waals surface area contributed by atoms with Gasteiger partial charge in [-0.15, -0.1) is 0 Å². The summed E-state index contributed by atoms with van der Waals surface area (Å²) in [5.74, 6) is 0.805. The van der Waals surface area contributed by atoms with E-state index >= 15 is 0 Å². The molecule has 1 fully saturated rings. The maximum atomic E-state index is 11.8. The van der Waals surface area contributed by atoms with Crippen LogP contribution in [0.2, 0.25) is 0 Å². The van der Waals surface area contributed by atoms with E-state index in [1.165, 1.54) is 32.1 Å². The molecule has 3 nitrogen and oxygen atoms in total. The van der Waals surface area contributed by atoms with Crippen molar-refractivity contribution in [2.24, 2.45) is 11.7 Å². The van der Waals surface area contributed by atoms with Gasteiger partial charge < -0.3 is 11.1 Å². The Kier molecular flexibility index (Phi) is 6.56. The lowest BCUT2D eigenvalue weighted by Gasteiger charge is -2.28. The zero-order valence-corrected chi connectivity index (χ0v) is 11.4. The Morgan fingerprint density at radius 3 is 2.59 bits per heavy atom. The monoisotopic (exact) mass is 240 g/mol. The molecule has 100 valence electrons. The highest BCUT2D eigenvalue weighted by Gasteiger charge is 2.21. The van der Waals surface area contributed by atoms with E-state index in [0.717, 1.165) is 12.8 Å². The lowest BCUT2D eigenvalue weighted by molar-refractivity contribution is -0.122. The van der Waals surface area contributed by atoms with Crippen molar-refractivity contribution in [1.29, 1.82) is 0 Å². The fourth-order valence-corrected chi connectivity index (χ4v) is 2.78. The highest BCUT2D eigenvalue weighted by molar-refractivity contribution is 5.76. The number of carbonyl (C=O) groups is 1. The molecule has 0 aromatic rings. The Labute approximate surface area is 106 Å². The van der Waals surface area contributed by atoms with Gasteiger partial charge in [-0.05, 0) is 32.1 Å². The molecule has 3 N–H and O–H groups in total. The lowest BCUT2D eigenvalue weighted by Crippen LogP contribution is -2.41. The van der Waals surface area contributed by atoms with Crippen molar-refractivity contribution >= 4 is 5.91 Å². The number of nitrogens with two attached hydrogens (primary N) is 1. The first-order valence-electron chi connectivity index (χ1n) is 7.18. The molecule has 1 aliphatic carbocycles. The molecule has 0 spiro atoms. The van der Waals surface area contributed by atoms with Gasteiger partial charge in [-0.3, -0.25) is 4.79 Å². The summed E-state index contributed by atoms with van der Waals surface area (Å²) in [4.78, 5) is 11.8. The molecule has 0 aliphatic heterocycles. The van der Waals surface area contributed by atoms with Gasteiger partial charge in [0.1, 0.15) is 0 Å². The van der Waals surface area contributed by atoms with Crippen LogP contribution in [0.5, 0.6) is 0 Å². The number of amides is 1. The molecule has 1 unspecified atom stereocenters. The predicted molar refractivity (Wildman–Crippen MR) is 71.7 cm³/mol. The Morgan fingerprint density at radius 1 is 1.35 bits per heavy atom. The summed E-state index contributed by atoms with van der Waals surface area (Å²) in [6.07, 6.45) is 8.99. The largest absolute Gasteiger partial charge is 0.353 e. The molecule has 0 heterocycles. The average Bonchev–Trinajstić information content (AvgIpc) is 2.30. The van der Waals surface area contributed by atoms with Gasteiger partial charge in [-0.1, -0.05) is 32.6 Å². The fourth-order valence-electron chi connectivity index (χ4n) is 2.78. The van der Waals surface area contributed by atoms with Crippen molar-refractivity contribution in [3.8, 4) is 0 Å². The molecule has 0 aromatic carbocycles.